The van der Waals surface area contributed by atoms with Gasteiger partial charge >= 0.3 is 0 Å². The number of hydrogen-bond donors (Lipinski definition) is 2. The third kappa shape index (κ3) is 5.19. The van der Waals surface area contributed by atoms with E-state index in [-0.39, 0.29) is 17.6 Å². The number of anilines is 1. The van der Waals surface area contributed by atoms with Crippen molar-refractivity contribution in [1.82, 2.24) is 25.2 Å². The first-order valence-electron chi connectivity index (χ1n) is 13.4. The van der Waals surface area contributed by atoms with Crippen LogP contribution in [-0.2, 0) is 0 Å². The van der Waals surface area contributed by atoms with Crippen LogP contribution in [0.4, 0.5) is 14.7 Å². The zero-order valence-corrected chi connectivity index (χ0v) is 23.0. The van der Waals surface area contributed by atoms with Crippen molar-refractivity contribution in [2.45, 2.75) is 45.7 Å². The van der Waals surface area contributed by atoms with Crippen LogP contribution in [0.5, 0.6) is 0 Å². The van der Waals surface area contributed by atoms with Gasteiger partial charge in [-0.1, -0.05) is 12.1 Å². The average molecular weight is 547 g/mol. The van der Waals surface area contributed by atoms with Gasteiger partial charge in [-0.05, 0) is 76.6 Å². The number of hydrogen-bond acceptors (Lipinski definition) is 6. The Balaban J connectivity index is 1.79. The Morgan fingerprint density at radius 1 is 1.02 bits per heavy atom. The quantitative estimate of drug-likeness (QED) is 0.374. The van der Waals surface area contributed by atoms with Crippen LogP contribution in [0.3, 0.4) is 0 Å². The summed E-state index contributed by atoms with van der Waals surface area (Å²) in [6.07, 6.45) is 1.72. The van der Waals surface area contributed by atoms with Crippen LogP contribution in [0, 0.1) is 18.6 Å². The molecule has 10 heteroatoms. The van der Waals surface area contributed by atoms with E-state index in [1.54, 1.807) is 18.2 Å². The van der Waals surface area contributed by atoms with Gasteiger partial charge in [0.1, 0.15) is 17.3 Å². The van der Waals surface area contributed by atoms with Gasteiger partial charge < -0.3 is 15.5 Å². The molecule has 4 aromatic rings. The summed E-state index contributed by atoms with van der Waals surface area (Å²) in [5.74, 6) is -1.64. The summed E-state index contributed by atoms with van der Waals surface area (Å²) >= 11 is 0. The predicted octanol–water partition coefficient (Wildman–Crippen LogP) is 4.36. The van der Waals surface area contributed by atoms with Crippen molar-refractivity contribution >= 4 is 22.9 Å². The van der Waals surface area contributed by atoms with Gasteiger partial charge in [0, 0.05) is 47.8 Å². The van der Waals surface area contributed by atoms with E-state index < -0.39 is 22.9 Å². The van der Waals surface area contributed by atoms with E-state index in [0.29, 0.717) is 47.3 Å². The highest BCUT2D eigenvalue weighted by Crippen LogP contribution is 2.33. The van der Waals surface area contributed by atoms with Crippen molar-refractivity contribution < 1.29 is 13.6 Å². The molecule has 1 saturated heterocycles. The fourth-order valence-electron chi connectivity index (χ4n) is 5.10. The number of carbonyl (C=O) groups is 1. The predicted molar refractivity (Wildman–Crippen MR) is 152 cm³/mol. The molecule has 0 unspecified atom stereocenters. The number of pyridine rings is 1. The van der Waals surface area contributed by atoms with E-state index in [4.69, 9.17) is 9.97 Å². The Bertz CT molecular complexity index is 1620. The van der Waals surface area contributed by atoms with Crippen LogP contribution in [0.2, 0.25) is 0 Å². The lowest BCUT2D eigenvalue weighted by molar-refractivity contribution is 0.0943. The van der Waals surface area contributed by atoms with E-state index in [1.807, 2.05) is 38.8 Å². The van der Waals surface area contributed by atoms with Gasteiger partial charge in [-0.2, -0.15) is 4.98 Å². The number of aromatic nitrogens is 3. The summed E-state index contributed by atoms with van der Waals surface area (Å²) in [6.45, 7) is 7.00. The molecule has 0 atom stereocenters. The SMILES string of the molecule is CNC1CCN(c2nc(-c3cc(C(=O)NC(C)C)ccc3C)c3ccc(=O)n(-c4c(F)cccc4F)c3n2)CC1. The Labute approximate surface area is 231 Å². The number of para-hydroxylation sites is 1. The van der Waals surface area contributed by atoms with Gasteiger partial charge in [-0.15, -0.1) is 0 Å². The molecule has 8 nitrogen and oxygen atoms in total. The molecular formula is C30H32F2N6O2. The second kappa shape index (κ2) is 11.1. The molecule has 1 aliphatic heterocycles. The maximum atomic E-state index is 15.0. The Kier molecular flexibility index (Phi) is 7.62. The molecule has 1 fully saturated rings. The van der Waals surface area contributed by atoms with Crippen LogP contribution in [0.1, 0.15) is 42.6 Å². The average Bonchev–Trinajstić information content (AvgIpc) is 2.93. The highest BCUT2D eigenvalue weighted by Gasteiger charge is 2.25. The third-order valence-corrected chi connectivity index (χ3v) is 7.26. The highest BCUT2D eigenvalue weighted by atomic mass is 19.1. The van der Waals surface area contributed by atoms with Gasteiger partial charge in [0.15, 0.2) is 5.65 Å². The maximum absolute atomic E-state index is 15.0. The second-order valence-electron chi connectivity index (χ2n) is 10.4. The summed E-state index contributed by atoms with van der Waals surface area (Å²) in [5, 5.41) is 6.63. The minimum Gasteiger partial charge on any atom is -0.350 e. The van der Waals surface area contributed by atoms with Gasteiger partial charge in [-0.25, -0.2) is 13.8 Å². The van der Waals surface area contributed by atoms with Crippen LogP contribution in [-0.4, -0.2) is 52.7 Å². The topological polar surface area (TPSA) is 92.2 Å². The number of carbonyl (C=O) groups excluding carboxylic acids is 1. The fourth-order valence-corrected chi connectivity index (χ4v) is 5.10. The number of fused-ring (bicyclic) bond motifs is 1. The first-order valence-corrected chi connectivity index (χ1v) is 13.4. The molecule has 1 aliphatic rings. The zero-order chi connectivity index (χ0) is 28.6. The van der Waals surface area contributed by atoms with Gasteiger partial charge in [0.05, 0.1) is 5.69 Å². The van der Waals surface area contributed by atoms with E-state index in [2.05, 4.69) is 10.6 Å². The first kappa shape index (κ1) is 27.4. The van der Waals surface area contributed by atoms with Crippen LogP contribution in [0.15, 0.2) is 53.3 Å². The van der Waals surface area contributed by atoms with E-state index in [0.717, 1.165) is 35.1 Å². The molecule has 208 valence electrons. The second-order valence-corrected chi connectivity index (χ2v) is 10.4. The lowest BCUT2D eigenvalue weighted by Crippen LogP contribution is -2.42. The molecule has 1 amide bonds. The van der Waals surface area contributed by atoms with Crippen molar-refractivity contribution in [2.24, 2.45) is 0 Å². The molecule has 2 aromatic carbocycles. The van der Waals surface area contributed by atoms with Gasteiger partial charge in [-0.3, -0.25) is 14.2 Å². The molecular weight excluding hydrogens is 514 g/mol. The summed E-state index contributed by atoms with van der Waals surface area (Å²) in [7, 11) is 1.93. The van der Waals surface area contributed by atoms with Crippen molar-refractivity contribution in [3.05, 3.63) is 81.6 Å². The number of halogens is 2. The van der Waals surface area contributed by atoms with Crippen molar-refractivity contribution in [1.29, 1.82) is 0 Å². The summed E-state index contributed by atoms with van der Waals surface area (Å²) in [6, 6.07) is 11.9. The Hall–Kier alpha value is -4.18. The fraction of sp³-hybridized carbons (Fsp3) is 0.333. The Morgan fingerprint density at radius 3 is 2.38 bits per heavy atom. The number of nitrogens with zero attached hydrogens (tertiary/aromatic N) is 4. The number of benzene rings is 2. The molecule has 0 bridgehead atoms. The number of piperidine rings is 1. The van der Waals surface area contributed by atoms with Crippen LogP contribution in [0.25, 0.3) is 28.0 Å². The molecule has 2 N–H and O–H groups in total. The lowest BCUT2D eigenvalue weighted by Gasteiger charge is -2.32. The molecule has 0 spiro atoms. The van der Waals surface area contributed by atoms with Crippen LogP contribution < -0.4 is 21.1 Å². The molecule has 3 heterocycles. The highest BCUT2D eigenvalue weighted by molar-refractivity contribution is 5.98. The molecule has 40 heavy (non-hydrogen) atoms. The lowest BCUT2D eigenvalue weighted by atomic mass is 9.99. The van der Waals surface area contributed by atoms with E-state index in [9.17, 15) is 9.59 Å². The number of amides is 1. The van der Waals surface area contributed by atoms with Crippen molar-refractivity contribution in [3.8, 4) is 16.9 Å². The normalized spacial score (nSPS) is 14.2. The minimum absolute atomic E-state index is 0.0469. The Morgan fingerprint density at radius 2 is 1.73 bits per heavy atom. The van der Waals surface area contributed by atoms with E-state index >= 15 is 8.78 Å². The third-order valence-electron chi connectivity index (χ3n) is 7.26. The van der Waals surface area contributed by atoms with Gasteiger partial charge in [0.2, 0.25) is 5.95 Å². The number of aryl methyl sites for hydroxylation is 1. The molecule has 0 radical (unpaired) electrons. The number of nitrogens with one attached hydrogen (secondary N) is 2. The van der Waals surface area contributed by atoms with Gasteiger partial charge in [0.25, 0.3) is 11.5 Å². The smallest absolute Gasteiger partial charge is 0.256 e. The monoisotopic (exact) mass is 546 g/mol. The summed E-state index contributed by atoms with van der Waals surface area (Å²) < 4.78 is 31.0. The zero-order valence-electron chi connectivity index (χ0n) is 23.0. The summed E-state index contributed by atoms with van der Waals surface area (Å²) in [4.78, 5) is 37.7. The van der Waals surface area contributed by atoms with E-state index in [1.165, 1.54) is 12.1 Å². The molecule has 0 saturated carbocycles. The number of rotatable bonds is 6. The largest absolute Gasteiger partial charge is 0.350 e. The molecule has 0 aliphatic carbocycles. The maximum Gasteiger partial charge on any atom is 0.256 e. The summed E-state index contributed by atoms with van der Waals surface area (Å²) in [5.41, 5.74) is 1.39. The van der Waals surface area contributed by atoms with Crippen LogP contribution >= 0.6 is 0 Å². The van der Waals surface area contributed by atoms with Crippen molar-refractivity contribution in [3.63, 3.8) is 0 Å². The standard InChI is InChI=1S/C30H32F2N6O2/c1-17(2)34-29(40)19-9-8-18(3)22(16-19)26-21-10-11-25(39)38(27-23(31)6-5-7-24(27)32)28(21)36-30(35-26)37-14-12-20(33-4)13-15-37/h5-11,16-17,20,33H,12-15H2,1-4H3,(H,34,40). The minimum atomic E-state index is -0.880. The first-order chi connectivity index (χ1) is 19.2. The molecule has 5 rings (SSSR count). The van der Waals surface area contributed by atoms with Crippen molar-refractivity contribution in [2.75, 3.05) is 25.0 Å². The molecule has 2 aromatic heterocycles.